The zero-order chi connectivity index (χ0) is 22.8. The van der Waals surface area contributed by atoms with Crippen molar-refractivity contribution in [1.82, 2.24) is 0 Å². The van der Waals surface area contributed by atoms with Gasteiger partial charge in [-0.1, -0.05) is 60.5 Å². The van der Waals surface area contributed by atoms with Crippen molar-refractivity contribution in [3.8, 4) is 0 Å². The Bertz CT molecular complexity index is 1160. The Morgan fingerprint density at radius 1 is 1.03 bits per heavy atom. The summed E-state index contributed by atoms with van der Waals surface area (Å²) in [6.07, 6.45) is -0.679. The van der Waals surface area contributed by atoms with E-state index >= 15 is 0 Å². The molecule has 1 aliphatic rings. The van der Waals surface area contributed by atoms with Gasteiger partial charge in [-0.25, -0.2) is 4.39 Å². The van der Waals surface area contributed by atoms with Crippen LogP contribution in [0.3, 0.4) is 0 Å². The van der Waals surface area contributed by atoms with Crippen LogP contribution in [0, 0.1) is 0 Å². The lowest BCUT2D eigenvalue weighted by Crippen LogP contribution is -2.41. The lowest BCUT2D eigenvalue weighted by atomic mass is 9.89. The van der Waals surface area contributed by atoms with E-state index in [2.05, 4.69) is 0 Å². The van der Waals surface area contributed by atoms with Gasteiger partial charge in [0.15, 0.2) is 0 Å². The van der Waals surface area contributed by atoms with Crippen molar-refractivity contribution in [3.05, 3.63) is 99.0 Å². The van der Waals surface area contributed by atoms with E-state index in [0.29, 0.717) is 27.7 Å². The summed E-state index contributed by atoms with van der Waals surface area (Å²) >= 11 is 11.9. The molecule has 0 saturated heterocycles. The molecule has 0 saturated carbocycles. The molecule has 3 aromatic carbocycles. The predicted octanol–water partition coefficient (Wildman–Crippen LogP) is 6.45. The number of Topliss-reactive ketones (excluding diaryl/α,β-unsaturated/α-hetero) is 1. The third-order valence-electron chi connectivity index (χ3n) is 5.81. The van der Waals surface area contributed by atoms with Crippen LogP contribution in [0.25, 0.3) is 0 Å². The van der Waals surface area contributed by atoms with Gasteiger partial charge in [-0.15, -0.1) is 0 Å². The van der Waals surface area contributed by atoms with E-state index in [1.54, 1.807) is 36.4 Å². The number of carbonyl (C=O) groups excluding carboxylic acids is 2. The Morgan fingerprint density at radius 3 is 2.50 bits per heavy atom. The molecule has 4 rings (SSSR count). The maximum atomic E-state index is 14.6. The molecule has 1 amide bonds. The van der Waals surface area contributed by atoms with Crippen LogP contribution >= 0.6 is 23.2 Å². The number of fused-ring (bicyclic) bond motifs is 1. The Labute approximate surface area is 196 Å². The molecule has 0 radical (unpaired) electrons. The molecule has 0 fully saturated rings. The van der Waals surface area contributed by atoms with Gasteiger partial charge in [0.1, 0.15) is 12.0 Å². The molecule has 0 N–H and O–H groups in total. The van der Waals surface area contributed by atoms with Crippen LogP contribution in [0.15, 0.2) is 66.7 Å². The Morgan fingerprint density at radius 2 is 1.78 bits per heavy atom. The number of alkyl halides is 1. The highest BCUT2D eigenvalue weighted by atomic mass is 35.5. The van der Waals surface area contributed by atoms with E-state index in [1.807, 2.05) is 37.3 Å². The molecular weight excluding hydrogens is 448 g/mol. The summed E-state index contributed by atoms with van der Waals surface area (Å²) in [5.74, 6) is -0.587. The van der Waals surface area contributed by atoms with Crippen LogP contribution in [0.5, 0.6) is 0 Å². The van der Waals surface area contributed by atoms with Crippen molar-refractivity contribution >= 4 is 40.6 Å². The highest BCUT2D eigenvalue weighted by Gasteiger charge is 2.30. The summed E-state index contributed by atoms with van der Waals surface area (Å²) in [5, 5.41) is 1.08. The van der Waals surface area contributed by atoms with Gasteiger partial charge in [-0.05, 0) is 53.1 Å². The molecule has 0 aromatic heterocycles. The summed E-state index contributed by atoms with van der Waals surface area (Å²) in [6.45, 7) is 1.84. The number of ketones is 1. The average Bonchev–Trinajstić information content (AvgIpc) is 2.78. The van der Waals surface area contributed by atoms with E-state index in [4.69, 9.17) is 23.2 Å². The minimum Gasteiger partial charge on any atom is -0.305 e. The third kappa shape index (κ3) is 4.87. The molecule has 1 heterocycles. The molecule has 0 bridgehead atoms. The van der Waals surface area contributed by atoms with Gasteiger partial charge < -0.3 is 4.90 Å². The van der Waals surface area contributed by atoms with Gasteiger partial charge in [0, 0.05) is 40.1 Å². The molecule has 3 nitrogen and oxygen atoms in total. The lowest BCUT2D eigenvalue weighted by molar-refractivity contribution is -0.119. The van der Waals surface area contributed by atoms with Crippen molar-refractivity contribution < 1.29 is 14.0 Å². The second-order valence-electron chi connectivity index (χ2n) is 8.11. The number of rotatable bonds is 5. The maximum absolute atomic E-state index is 14.6. The van der Waals surface area contributed by atoms with Crippen molar-refractivity contribution in [1.29, 1.82) is 0 Å². The van der Waals surface area contributed by atoms with E-state index in [9.17, 15) is 14.0 Å². The van der Waals surface area contributed by atoms with E-state index < -0.39 is 6.17 Å². The molecule has 0 aliphatic carbocycles. The van der Waals surface area contributed by atoms with Crippen LogP contribution in [0.4, 0.5) is 10.1 Å². The number of amides is 1. The molecule has 0 spiro atoms. The lowest BCUT2D eigenvalue weighted by Gasteiger charge is -2.32. The van der Waals surface area contributed by atoms with Crippen molar-refractivity contribution in [3.63, 3.8) is 0 Å². The van der Waals surface area contributed by atoms with Crippen molar-refractivity contribution in [2.24, 2.45) is 0 Å². The number of carbonyl (C=O) groups is 2. The van der Waals surface area contributed by atoms with Crippen molar-refractivity contribution in [2.75, 3.05) is 11.4 Å². The number of halogens is 3. The predicted molar refractivity (Wildman–Crippen MR) is 127 cm³/mol. The largest absolute Gasteiger partial charge is 0.305 e. The minimum atomic E-state index is -1.18. The van der Waals surface area contributed by atoms with Gasteiger partial charge in [-0.2, -0.15) is 0 Å². The Kier molecular flexibility index (Phi) is 6.63. The fourth-order valence-electron chi connectivity index (χ4n) is 4.01. The number of benzene rings is 3. The second kappa shape index (κ2) is 9.43. The van der Waals surface area contributed by atoms with Crippen LogP contribution in [-0.4, -0.2) is 24.4 Å². The summed E-state index contributed by atoms with van der Waals surface area (Å²) in [7, 11) is 0. The zero-order valence-corrected chi connectivity index (χ0v) is 19.0. The quantitative estimate of drug-likeness (QED) is 0.430. The van der Waals surface area contributed by atoms with E-state index in [1.165, 1.54) is 4.90 Å². The first-order chi connectivity index (χ1) is 15.3. The normalized spacial score (nSPS) is 16.4. The molecule has 3 aromatic rings. The number of hydrogen-bond acceptors (Lipinski definition) is 2. The van der Waals surface area contributed by atoms with Gasteiger partial charge in [-0.3, -0.25) is 9.59 Å². The fraction of sp³-hybridized carbons (Fsp3) is 0.231. The molecule has 2 atom stereocenters. The monoisotopic (exact) mass is 469 g/mol. The second-order valence-corrected chi connectivity index (χ2v) is 8.98. The zero-order valence-electron chi connectivity index (χ0n) is 17.5. The molecule has 1 aliphatic heterocycles. The summed E-state index contributed by atoms with van der Waals surface area (Å²) < 4.78 is 14.6. The standard InChI is InChI=1S/C26H22Cl2FNO2/c1-16(25(31)11-17-5-8-21(27)9-6-17)18-7-10-24-20(12-18)14-23(29)15-30(24)26(32)19-3-2-4-22(28)13-19/h2-10,12-13,16,23H,11,14-15H2,1H3. The summed E-state index contributed by atoms with van der Waals surface area (Å²) in [6, 6.07) is 19.4. The van der Waals surface area contributed by atoms with Crippen LogP contribution in [-0.2, 0) is 17.6 Å². The highest BCUT2D eigenvalue weighted by molar-refractivity contribution is 6.31. The van der Waals surface area contributed by atoms with Crippen LogP contribution in [0.1, 0.15) is 39.9 Å². The molecule has 2 unspecified atom stereocenters. The van der Waals surface area contributed by atoms with Gasteiger partial charge in [0.25, 0.3) is 5.91 Å². The maximum Gasteiger partial charge on any atom is 0.258 e. The number of hydrogen-bond donors (Lipinski definition) is 0. The van der Waals surface area contributed by atoms with Crippen LogP contribution < -0.4 is 4.90 Å². The SMILES string of the molecule is CC(C(=O)Cc1ccc(Cl)cc1)c1ccc2c(c1)CC(F)CN2C(=O)c1cccc(Cl)c1. The van der Waals surface area contributed by atoms with Gasteiger partial charge in [0.2, 0.25) is 0 Å². The smallest absolute Gasteiger partial charge is 0.258 e. The van der Waals surface area contributed by atoms with Crippen molar-refractivity contribution in [2.45, 2.75) is 31.9 Å². The first-order valence-corrected chi connectivity index (χ1v) is 11.2. The third-order valence-corrected chi connectivity index (χ3v) is 6.29. The highest BCUT2D eigenvalue weighted by Crippen LogP contribution is 2.33. The molecule has 32 heavy (non-hydrogen) atoms. The van der Waals surface area contributed by atoms with E-state index in [0.717, 1.165) is 16.7 Å². The van der Waals surface area contributed by atoms with Gasteiger partial charge in [0.05, 0.1) is 6.54 Å². The Balaban J connectivity index is 1.57. The number of nitrogens with zero attached hydrogens (tertiary/aromatic N) is 1. The number of anilines is 1. The fourth-order valence-corrected chi connectivity index (χ4v) is 4.33. The minimum absolute atomic E-state index is 0.0112. The topological polar surface area (TPSA) is 37.4 Å². The summed E-state index contributed by atoms with van der Waals surface area (Å²) in [5.41, 5.74) is 3.51. The van der Waals surface area contributed by atoms with Gasteiger partial charge >= 0.3 is 0 Å². The average molecular weight is 470 g/mol. The first kappa shape index (κ1) is 22.5. The molecular formula is C26H22Cl2FNO2. The molecule has 6 heteroatoms. The first-order valence-electron chi connectivity index (χ1n) is 10.4. The van der Waals surface area contributed by atoms with E-state index in [-0.39, 0.29) is 30.6 Å². The van der Waals surface area contributed by atoms with Crippen LogP contribution in [0.2, 0.25) is 10.0 Å². The summed E-state index contributed by atoms with van der Waals surface area (Å²) in [4.78, 5) is 27.3. The molecule has 164 valence electrons. The Hall–Kier alpha value is -2.69.